The van der Waals surface area contributed by atoms with Gasteiger partial charge in [-0.15, -0.1) is 0 Å². The molecule has 5 heteroatoms. The van der Waals surface area contributed by atoms with Crippen LogP contribution < -0.4 is 10.6 Å². The lowest BCUT2D eigenvalue weighted by Gasteiger charge is -2.23. The Morgan fingerprint density at radius 3 is 3.16 bits per heavy atom. The molecule has 3 heterocycles. The maximum atomic E-state index is 12.2. The summed E-state index contributed by atoms with van der Waals surface area (Å²) < 4.78 is 0. The lowest BCUT2D eigenvalue weighted by atomic mass is 10.0. The van der Waals surface area contributed by atoms with E-state index in [1.54, 1.807) is 6.20 Å². The van der Waals surface area contributed by atoms with Gasteiger partial charge in [0.25, 0.3) is 5.91 Å². The minimum absolute atomic E-state index is 0.0550. The van der Waals surface area contributed by atoms with E-state index in [1.807, 2.05) is 18.3 Å². The van der Waals surface area contributed by atoms with Crippen molar-refractivity contribution < 1.29 is 4.79 Å². The number of fused-ring (bicyclic) bond motifs is 3. The van der Waals surface area contributed by atoms with Crippen LogP contribution in [0.4, 0.5) is 0 Å². The molecular weight excluding hydrogens is 240 g/mol. The predicted octanol–water partition coefficient (Wildman–Crippen LogP) is 1.04. The van der Waals surface area contributed by atoms with Gasteiger partial charge in [-0.1, -0.05) is 0 Å². The number of H-pyrrole nitrogens is 1. The van der Waals surface area contributed by atoms with Crippen LogP contribution in [-0.4, -0.2) is 34.5 Å². The second kappa shape index (κ2) is 4.06. The van der Waals surface area contributed by atoms with E-state index >= 15 is 0 Å². The van der Waals surface area contributed by atoms with Crippen LogP contribution in [0.3, 0.4) is 0 Å². The molecule has 1 amide bonds. The molecule has 2 fully saturated rings. The van der Waals surface area contributed by atoms with Gasteiger partial charge in [0.15, 0.2) is 0 Å². The quantitative estimate of drug-likeness (QED) is 0.752. The molecule has 0 spiro atoms. The molecule has 19 heavy (non-hydrogen) atoms. The Morgan fingerprint density at radius 1 is 1.42 bits per heavy atom. The van der Waals surface area contributed by atoms with E-state index < -0.39 is 0 Å². The van der Waals surface area contributed by atoms with E-state index in [1.165, 1.54) is 6.42 Å². The number of aromatic nitrogens is 2. The van der Waals surface area contributed by atoms with Crippen molar-refractivity contribution in [2.24, 2.45) is 5.92 Å². The van der Waals surface area contributed by atoms with Gasteiger partial charge in [0.1, 0.15) is 5.69 Å². The van der Waals surface area contributed by atoms with Crippen molar-refractivity contribution in [1.29, 1.82) is 0 Å². The summed E-state index contributed by atoms with van der Waals surface area (Å²) in [6.07, 6.45) is 5.81. The number of hydrogen-bond donors (Lipinski definition) is 3. The number of hydrogen-bond acceptors (Lipinski definition) is 3. The van der Waals surface area contributed by atoms with Gasteiger partial charge in [-0.2, -0.15) is 0 Å². The first-order valence-corrected chi connectivity index (χ1v) is 6.77. The van der Waals surface area contributed by atoms with Crippen molar-refractivity contribution >= 4 is 16.8 Å². The number of pyridine rings is 1. The topological polar surface area (TPSA) is 69.8 Å². The Hall–Kier alpha value is -1.88. The first-order chi connectivity index (χ1) is 9.29. The molecule has 0 radical (unpaired) electrons. The molecule has 2 aliphatic rings. The van der Waals surface area contributed by atoms with Crippen LogP contribution in [0.15, 0.2) is 24.5 Å². The molecular formula is C14H16N4O. The van der Waals surface area contributed by atoms with Crippen LogP contribution >= 0.6 is 0 Å². The van der Waals surface area contributed by atoms with Crippen molar-refractivity contribution in [3.05, 3.63) is 30.2 Å². The van der Waals surface area contributed by atoms with Gasteiger partial charge in [0, 0.05) is 30.2 Å². The fourth-order valence-electron chi connectivity index (χ4n) is 3.33. The fourth-order valence-corrected chi connectivity index (χ4v) is 3.33. The number of nitrogens with zero attached hydrogens (tertiary/aromatic N) is 1. The summed E-state index contributed by atoms with van der Waals surface area (Å²) in [5.41, 5.74) is 1.46. The van der Waals surface area contributed by atoms with Gasteiger partial charge in [-0.3, -0.25) is 4.79 Å². The third-order valence-corrected chi connectivity index (χ3v) is 4.35. The molecule has 2 bridgehead atoms. The zero-order valence-electron chi connectivity index (χ0n) is 10.5. The molecule has 2 aromatic heterocycles. The lowest BCUT2D eigenvalue weighted by molar-refractivity contribution is 0.0920. The summed E-state index contributed by atoms with van der Waals surface area (Å²) in [7, 11) is 0. The van der Waals surface area contributed by atoms with Crippen LogP contribution in [0.2, 0.25) is 0 Å². The Balaban J connectivity index is 1.53. The minimum atomic E-state index is -0.0550. The predicted molar refractivity (Wildman–Crippen MR) is 71.9 cm³/mol. The summed E-state index contributed by atoms with van der Waals surface area (Å²) in [6.45, 7) is 1.03. The van der Waals surface area contributed by atoms with Gasteiger partial charge in [0.05, 0.1) is 11.7 Å². The van der Waals surface area contributed by atoms with Crippen molar-refractivity contribution in [1.82, 2.24) is 20.6 Å². The van der Waals surface area contributed by atoms with Crippen molar-refractivity contribution in [2.45, 2.75) is 24.9 Å². The van der Waals surface area contributed by atoms with Gasteiger partial charge in [-0.25, -0.2) is 4.98 Å². The average molecular weight is 256 g/mol. The highest BCUT2D eigenvalue weighted by Crippen LogP contribution is 2.31. The second-order valence-electron chi connectivity index (χ2n) is 5.55. The molecule has 5 nitrogen and oxygen atoms in total. The van der Waals surface area contributed by atoms with E-state index in [-0.39, 0.29) is 5.91 Å². The SMILES string of the molecule is O=C(NC1CC2CC1CN2)c1cc2cc[nH]c2cn1. The maximum Gasteiger partial charge on any atom is 0.270 e. The second-order valence-corrected chi connectivity index (χ2v) is 5.55. The Morgan fingerprint density at radius 2 is 2.37 bits per heavy atom. The first kappa shape index (κ1) is 11.0. The average Bonchev–Trinajstić information content (AvgIpc) is 3.13. The molecule has 3 N–H and O–H groups in total. The molecule has 98 valence electrons. The molecule has 1 aliphatic carbocycles. The van der Waals surface area contributed by atoms with E-state index in [4.69, 9.17) is 0 Å². The van der Waals surface area contributed by atoms with Crippen LogP contribution in [0.1, 0.15) is 23.3 Å². The Labute approximate surface area is 110 Å². The molecule has 1 saturated carbocycles. The van der Waals surface area contributed by atoms with E-state index in [2.05, 4.69) is 20.6 Å². The molecule has 3 atom stereocenters. The number of piperidine rings is 1. The Kier molecular flexibility index (Phi) is 2.35. The minimum Gasteiger partial charge on any atom is -0.360 e. The smallest absolute Gasteiger partial charge is 0.270 e. The largest absolute Gasteiger partial charge is 0.360 e. The monoisotopic (exact) mass is 256 g/mol. The van der Waals surface area contributed by atoms with E-state index in [9.17, 15) is 4.79 Å². The number of amides is 1. The Bertz CT molecular complexity index is 635. The van der Waals surface area contributed by atoms with E-state index in [0.29, 0.717) is 23.7 Å². The summed E-state index contributed by atoms with van der Waals surface area (Å²) in [4.78, 5) is 19.5. The van der Waals surface area contributed by atoms with Crippen molar-refractivity contribution in [3.63, 3.8) is 0 Å². The molecule has 1 saturated heterocycles. The number of carbonyl (C=O) groups excluding carboxylic acids is 1. The molecule has 4 rings (SSSR count). The molecule has 0 aromatic carbocycles. The van der Waals surface area contributed by atoms with Crippen molar-refractivity contribution in [2.75, 3.05) is 6.54 Å². The number of carbonyl (C=O) groups is 1. The zero-order chi connectivity index (χ0) is 12.8. The van der Waals surface area contributed by atoms with Gasteiger partial charge in [0.2, 0.25) is 0 Å². The summed E-state index contributed by atoms with van der Waals surface area (Å²) in [5, 5.41) is 7.60. The number of rotatable bonds is 2. The highest BCUT2D eigenvalue weighted by Gasteiger charge is 2.40. The third-order valence-electron chi connectivity index (χ3n) is 4.35. The highest BCUT2D eigenvalue weighted by molar-refractivity contribution is 5.96. The van der Waals surface area contributed by atoms with Crippen LogP contribution in [-0.2, 0) is 0 Å². The van der Waals surface area contributed by atoms with Crippen molar-refractivity contribution in [3.8, 4) is 0 Å². The first-order valence-electron chi connectivity index (χ1n) is 6.77. The normalized spacial score (nSPS) is 28.9. The lowest BCUT2D eigenvalue weighted by Crippen LogP contribution is -2.44. The van der Waals surface area contributed by atoms with Gasteiger partial charge in [-0.05, 0) is 30.9 Å². The molecule has 3 unspecified atom stereocenters. The molecule has 2 aromatic rings. The standard InChI is InChI=1S/C14H16N4O/c19-14(18-11-5-10-3-9(11)6-16-10)12-4-8-1-2-15-13(8)7-17-12/h1-2,4,7,9-11,15-16H,3,5-6H2,(H,18,19). The summed E-state index contributed by atoms with van der Waals surface area (Å²) in [5.74, 6) is 0.533. The van der Waals surface area contributed by atoms with Crippen LogP contribution in [0.25, 0.3) is 10.9 Å². The highest BCUT2D eigenvalue weighted by atomic mass is 16.1. The number of nitrogens with one attached hydrogen (secondary N) is 3. The summed E-state index contributed by atoms with van der Waals surface area (Å²) in [6, 6.07) is 4.69. The van der Waals surface area contributed by atoms with E-state index in [0.717, 1.165) is 23.9 Å². The molecule has 1 aliphatic heterocycles. The maximum absolute atomic E-state index is 12.2. The van der Waals surface area contributed by atoms with Gasteiger partial charge < -0.3 is 15.6 Å². The zero-order valence-corrected chi connectivity index (χ0v) is 10.5. The summed E-state index contributed by atoms with van der Waals surface area (Å²) >= 11 is 0. The number of aromatic amines is 1. The van der Waals surface area contributed by atoms with Gasteiger partial charge >= 0.3 is 0 Å². The van der Waals surface area contributed by atoms with Crippen LogP contribution in [0.5, 0.6) is 0 Å². The fraction of sp³-hybridized carbons (Fsp3) is 0.429. The third kappa shape index (κ3) is 1.81. The van der Waals surface area contributed by atoms with Crippen LogP contribution in [0, 0.1) is 5.92 Å².